The van der Waals surface area contributed by atoms with Crippen LogP contribution in [0.3, 0.4) is 0 Å². The number of hydrogen-bond donors (Lipinski definition) is 0. The first-order valence-electron chi connectivity index (χ1n) is 16.8. The van der Waals surface area contributed by atoms with Gasteiger partial charge in [0.25, 0.3) is 0 Å². The van der Waals surface area contributed by atoms with E-state index in [1.54, 1.807) is 12.5 Å². The molecule has 0 N–H and O–H groups in total. The van der Waals surface area contributed by atoms with Crippen molar-refractivity contribution in [3.8, 4) is 0 Å². The first-order valence-corrected chi connectivity index (χ1v) is 16.8. The highest BCUT2D eigenvalue weighted by molar-refractivity contribution is 5.17. The lowest BCUT2D eigenvalue weighted by Gasteiger charge is -2.01. The highest BCUT2D eigenvalue weighted by Gasteiger charge is 1.97. The van der Waals surface area contributed by atoms with E-state index in [9.17, 15) is 0 Å². The first-order chi connectivity index (χ1) is 21.2. The molecule has 1 aromatic carbocycles. The molecule has 0 atom stereocenters. The third kappa shape index (κ3) is 27.4. The molecule has 0 unspecified atom stereocenters. The summed E-state index contributed by atoms with van der Waals surface area (Å²) in [6, 6.07) is 22.5. The zero-order valence-electron chi connectivity index (χ0n) is 31.3. The molecule has 0 saturated heterocycles. The third-order valence-electron chi connectivity index (χ3n) is 5.31. The van der Waals surface area contributed by atoms with Crippen molar-refractivity contribution in [1.82, 2.24) is 19.9 Å². The molecule has 0 aliphatic heterocycles. The van der Waals surface area contributed by atoms with Crippen LogP contribution >= 0.6 is 0 Å². The maximum Gasteiger partial charge on any atom is 0.115 e. The Balaban J connectivity index is -0.000000225. The highest BCUT2D eigenvalue weighted by atomic mass is 14.8. The van der Waals surface area contributed by atoms with Gasteiger partial charge in [0.1, 0.15) is 6.33 Å². The van der Waals surface area contributed by atoms with E-state index in [0.29, 0.717) is 23.7 Å². The maximum absolute atomic E-state index is 4.18. The van der Waals surface area contributed by atoms with Gasteiger partial charge < -0.3 is 0 Å². The fourth-order valence-corrected chi connectivity index (χ4v) is 2.95. The van der Waals surface area contributed by atoms with E-state index < -0.39 is 0 Å². The number of aromatic nitrogens is 4. The van der Waals surface area contributed by atoms with Crippen LogP contribution in [0, 0.1) is 0 Å². The van der Waals surface area contributed by atoms with Crippen molar-refractivity contribution in [2.24, 2.45) is 0 Å². The summed E-state index contributed by atoms with van der Waals surface area (Å²) in [6.07, 6.45) is 8.83. The van der Waals surface area contributed by atoms with Crippen molar-refractivity contribution in [2.45, 2.75) is 134 Å². The Bertz CT molecular complexity index is 844. The van der Waals surface area contributed by atoms with Gasteiger partial charge in [-0.05, 0) is 65.1 Å². The standard InChI is InChI=1S/C9H12.2C8H11N.C7H10N2.4C2H6/c1-8(2)9-6-4-3-5-7-9;1-7(2)8-3-5-9-6-4-8;1-7(2)8-5-3-4-6-9-8;1-6(2)7-3-4-8-5-9-7;4*1-2/h3-8H,1-2H3;2*3-7H,1-2H3;3-6H,1-2H3;4*1-2H3. The molecule has 0 aliphatic rings. The van der Waals surface area contributed by atoms with Gasteiger partial charge in [-0.2, -0.15) is 0 Å². The number of rotatable bonds is 4. The minimum absolute atomic E-state index is 0.507. The summed E-state index contributed by atoms with van der Waals surface area (Å²) < 4.78 is 0. The molecule has 4 aromatic rings. The normalized spacial score (nSPS) is 8.82. The number of pyridine rings is 2. The van der Waals surface area contributed by atoms with Crippen molar-refractivity contribution in [1.29, 1.82) is 0 Å². The van der Waals surface area contributed by atoms with Crippen LogP contribution in [-0.4, -0.2) is 19.9 Å². The number of benzene rings is 1. The predicted molar refractivity (Wildman–Crippen MR) is 199 cm³/mol. The lowest BCUT2D eigenvalue weighted by molar-refractivity contribution is 0.814. The highest BCUT2D eigenvalue weighted by Crippen LogP contribution is 2.12. The fourth-order valence-electron chi connectivity index (χ4n) is 2.95. The minimum atomic E-state index is 0.507. The van der Waals surface area contributed by atoms with Gasteiger partial charge in [0, 0.05) is 36.2 Å². The van der Waals surface area contributed by atoms with Gasteiger partial charge in [0.15, 0.2) is 0 Å². The quantitative estimate of drug-likeness (QED) is 0.232. The van der Waals surface area contributed by atoms with Gasteiger partial charge in [-0.1, -0.05) is 147 Å². The second kappa shape index (κ2) is 35.8. The van der Waals surface area contributed by atoms with Crippen molar-refractivity contribution in [3.63, 3.8) is 0 Å². The maximum atomic E-state index is 4.18. The summed E-state index contributed by atoms with van der Waals surface area (Å²) in [4.78, 5) is 16.0. The molecular weight excluding hydrogens is 536 g/mol. The van der Waals surface area contributed by atoms with E-state index >= 15 is 0 Å². The van der Waals surface area contributed by atoms with E-state index in [1.807, 2.05) is 116 Å². The Morgan fingerprint density at radius 2 is 0.773 bits per heavy atom. The summed E-state index contributed by atoms with van der Waals surface area (Å²) in [6.45, 7) is 33.3. The minimum Gasteiger partial charge on any atom is -0.265 e. The molecule has 0 aliphatic carbocycles. The van der Waals surface area contributed by atoms with Gasteiger partial charge in [-0.15, -0.1) is 0 Å². The Morgan fingerprint density at radius 1 is 0.364 bits per heavy atom. The van der Waals surface area contributed by atoms with E-state index in [2.05, 4.69) is 99.6 Å². The summed E-state index contributed by atoms with van der Waals surface area (Å²) in [5.41, 5.74) is 5.03. The molecule has 3 heterocycles. The smallest absolute Gasteiger partial charge is 0.115 e. The van der Waals surface area contributed by atoms with E-state index in [4.69, 9.17) is 0 Å². The van der Waals surface area contributed by atoms with Gasteiger partial charge >= 0.3 is 0 Å². The molecule has 3 aromatic heterocycles. The molecule has 0 fully saturated rings. The van der Waals surface area contributed by atoms with Crippen molar-refractivity contribution < 1.29 is 0 Å². The van der Waals surface area contributed by atoms with Crippen molar-refractivity contribution >= 4 is 0 Å². The number of hydrogen-bond acceptors (Lipinski definition) is 4. The fraction of sp³-hybridized carbons (Fsp3) is 0.500. The summed E-state index contributed by atoms with van der Waals surface area (Å²) >= 11 is 0. The Morgan fingerprint density at radius 3 is 1.05 bits per heavy atom. The van der Waals surface area contributed by atoms with Crippen LogP contribution in [0.25, 0.3) is 0 Å². The average molecular weight is 605 g/mol. The van der Waals surface area contributed by atoms with E-state index in [0.717, 1.165) is 11.4 Å². The molecular formula is C40H68N4. The SMILES string of the molecule is CC.CC.CC.CC.CC(C)c1ccccc1.CC(C)c1ccccn1.CC(C)c1ccncc1.CC(C)c1ccncn1. The zero-order chi connectivity index (χ0) is 34.8. The zero-order valence-corrected chi connectivity index (χ0v) is 31.3. The Hall–Kier alpha value is -3.40. The van der Waals surface area contributed by atoms with Gasteiger partial charge in [0.2, 0.25) is 0 Å². The average Bonchev–Trinajstić information content (AvgIpc) is 3.11. The van der Waals surface area contributed by atoms with Crippen LogP contribution in [0.1, 0.15) is 157 Å². The molecule has 44 heavy (non-hydrogen) atoms. The molecule has 4 rings (SSSR count). The molecule has 0 saturated carbocycles. The van der Waals surface area contributed by atoms with E-state index in [-0.39, 0.29) is 0 Å². The van der Waals surface area contributed by atoms with Crippen molar-refractivity contribution in [2.75, 3.05) is 0 Å². The summed E-state index contributed by atoms with van der Waals surface area (Å²) in [5.74, 6) is 2.33. The lowest BCUT2D eigenvalue weighted by atomic mass is 10.0. The largest absolute Gasteiger partial charge is 0.265 e. The Kier molecular flexibility index (Phi) is 38.7. The summed E-state index contributed by atoms with van der Waals surface area (Å²) in [5, 5.41) is 0. The molecule has 0 bridgehead atoms. The summed E-state index contributed by atoms with van der Waals surface area (Å²) in [7, 11) is 0. The van der Waals surface area contributed by atoms with Crippen LogP contribution in [-0.2, 0) is 0 Å². The second-order valence-electron chi connectivity index (χ2n) is 9.70. The predicted octanol–water partition coefficient (Wildman–Crippen LogP) is 12.9. The Labute approximate surface area is 274 Å². The monoisotopic (exact) mass is 605 g/mol. The van der Waals surface area contributed by atoms with Crippen LogP contribution < -0.4 is 0 Å². The molecule has 0 spiro atoms. The third-order valence-corrected chi connectivity index (χ3v) is 5.31. The molecule has 4 heteroatoms. The van der Waals surface area contributed by atoms with Crippen LogP contribution in [0.5, 0.6) is 0 Å². The second-order valence-corrected chi connectivity index (χ2v) is 9.70. The van der Waals surface area contributed by atoms with Crippen LogP contribution in [0.4, 0.5) is 0 Å². The molecule has 0 amide bonds. The molecule has 0 radical (unpaired) electrons. The first kappa shape index (κ1) is 47.5. The molecule has 248 valence electrons. The molecule has 4 nitrogen and oxygen atoms in total. The topological polar surface area (TPSA) is 51.6 Å². The number of nitrogens with zero attached hydrogens (tertiary/aromatic N) is 4. The van der Waals surface area contributed by atoms with Crippen LogP contribution in [0.15, 0.2) is 97.8 Å². The van der Waals surface area contributed by atoms with Crippen LogP contribution in [0.2, 0.25) is 0 Å². The van der Waals surface area contributed by atoms with Gasteiger partial charge in [0.05, 0.1) is 0 Å². The van der Waals surface area contributed by atoms with Gasteiger partial charge in [-0.25, -0.2) is 9.97 Å². The van der Waals surface area contributed by atoms with Crippen molar-refractivity contribution in [3.05, 3.63) is 120 Å². The van der Waals surface area contributed by atoms with Gasteiger partial charge in [-0.3, -0.25) is 9.97 Å². The lowest BCUT2D eigenvalue weighted by Crippen LogP contribution is -1.90. The van der Waals surface area contributed by atoms with E-state index in [1.165, 1.54) is 11.1 Å².